The number of carbonyl (C=O) groups is 2. The molecule has 174 valence electrons. The predicted molar refractivity (Wildman–Crippen MR) is 117 cm³/mol. The lowest BCUT2D eigenvalue weighted by Crippen LogP contribution is -2.33. The van der Waals surface area contributed by atoms with Gasteiger partial charge in [-0.15, -0.1) is 0 Å². The van der Waals surface area contributed by atoms with E-state index in [4.69, 9.17) is 15.2 Å². The Labute approximate surface area is 186 Å². The van der Waals surface area contributed by atoms with Gasteiger partial charge in [0.25, 0.3) is 5.69 Å². The summed E-state index contributed by atoms with van der Waals surface area (Å²) in [4.78, 5) is 35.8. The average molecular weight is 468 g/mol. The SMILES string of the molecule is CCN.CCOC(=O)C1=C(C=S(=O)=O)NC(C)=C(C(=O)OC)C1c1cccc([N+](=O)[O-])c1. The van der Waals surface area contributed by atoms with Gasteiger partial charge in [-0.2, -0.15) is 8.42 Å². The van der Waals surface area contributed by atoms with Crippen LogP contribution in [0.5, 0.6) is 0 Å². The van der Waals surface area contributed by atoms with Gasteiger partial charge >= 0.3 is 11.9 Å². The van der Waals surface area contributed by atoms with Crippen molar-refractivity contribution in [2.45, 2.75) is 26.7 Å². The molecule has 1 heterocycles. The molecule has 0 aromatic heterocycles. The monoisotopic (exact) mass is 467 g/mol. The summed E-state index contributed by atoms with van der Waals surface area (Å²) in [6, 6.07) is 5.35. The van der Waals surface area contributed by atoms with Crippen molar-refractivity contribution in [2.75, 3.05) is 20.3 Å². The van der Waals surface area contributed by atoms with Gasteiger partial charge in [-0.1, -0.05) is 19.1 Å². The summed E-state index contributed by atoms with van der Waals surface area (Å²) in [5.41, 5.74) is 4.78. The van der Waals surface area contributed by atoms with E-state index in [1.54, 1.807) is 6.92 Å². The van der Waals surface area contributed by atoms with E-state index in [0.29, 0.717) is 0 Å². The highest BCUT2D eigenvalue weighted by Crippen LogP contribution is 2.39. The molecule has 1 unspecified atom stereocenters. The lowest BCUT2D eigenvalue weighted by Gasteiger charge is -2.29. The molecule has 0 bridgehead atoms. The normalized spacial score (nSPS) is 15.1. The summed E-state index contributed by atoms with van der Waals surface area (Å²) >= 11 is 0. The van der Waals surface area contributed by atoms with Crippen LogP contribution in [0.25, 0.3) is 0 Å². The first-order valence-corrected chi connectivity index (χ1v) is 10.6. The van der Waals surface area contributed by atoms with E-state index in [9.17, 15) is 28.1 Å². The lowest BCUT2D eigenvalue weighted by molar-refractivity contribution is -0.384. The van der Waals surface area contributed by atoms with Gasteiger partial charge in [0.15, 0.2) is 0 Å². The molecule has 11 nitrogen and oxygen atoms in total. The molecule has 1 aliphatic heterocycles. The number of rotatable bonds is 6. The number of benzene rings is 1. The van der Waals surface area contributed by atoms with Gasteiger partial charge in [-0.3, -0.25) is 10.1 Å². The number of nitrogens with one attached hydrogen (secondary N) is 1. The van der Waals surface area contributed by atoms with E-state index < -0.39 is 33.1 Å². The summed E-state index contributed by atoms with van der Waals surface area (Å²) < 4.78 is 32.4. The van der Waals surface area contributed by atoms with Gasteiger partial charge in [0, 0.05) is 17.8 Å². The van der Waals surface area contributed by atoms with E-state index >= 15 is 0 Å². The number of hydrogen-bond acceptors (Lipinski definition) is 10. The molecule has 0 fully saturated rings. The zero-order valence-electron chi connectivity index (χ0n) is 18.1. The van der Waals surface area contributed by atoms with Crippen LogP contribution in [0.1, 0.15) is 32.3 Å². The highest BCUT2D eigenvalue weighted by molar-refractivity contribution is 7.71. The number of nitro groups is 1. The number of non-ortho nitro benzene ring substituents is 1. The Morgan fingerprint density at radius 2 is 1.88 bits per heavy atom. The number of ether oxygens (including phenoxy) is 2. The Hall–Kier alpha value is -3.51. The van der Waals surface area contributed by atoms with Gasteiger partial charge in [0.2, 0.25) is 10.3 Å². The first kappa shape index (κ1) is 26.5. The van der Waals surface area contributed by atoms with E-state index in [1.165, 1.54) is 31.2 Å². The number of nitrogens with zero attached hydrogens (tertiary/aromatic N) is 1. The van der Waals surface area contributed by atoms with Crippen LogP contribution in [-0.4, -0.2) is 50.9 Å². The van der Waals surface area contributed by atoms with Crippen LogP contribution in [0.15, 0.2) is 46.8 Å². The maximum Gasteiger partial charge on any atom is 0.337 e. The minimum atomic E-state index is -2.68. The zero-order valence-corrected chi connectivity index (χ0v) is 18.9. The number of nitro benzene ring substituents is 1. The quantitative estimate of drug-likeness (QED) is 0.268. The molecular formula is C20H25N3O8S. The highest BCUT2D eigenvalue weighted by atomic mass is 32.2. The van der Waals surface area contributed by atoms with E-state index in [-0.39, 0.29) is 40.4 Å². The molecule has 0 saturated heterocycles. The van der Waals surface area contributed by atoms with E-state index in [0.717, 1.165) is 19.0 Å². The van der Waals surface area contributed by atoms with Crippen LogP contribution in [0, 0.1) is 10.1 Å². The van der Waals surface area contributed by atoms with Crippen LogP contribution in [-0.2, 0) is 29.4 Å². The Morgan fingerprint density at radius 1 is 1.25 bits per heavy atom. The summed E-state index contributed by atoms with van der Waals surface area (Å²) in [6.45, 7) is 5.71. The molecule has 0 spiro atoms. The fourth-order valence-corrected chi connectivity index (χ4v) is 3.39. The van der Waals surface area contributed by atoms with Gasteiger partial charge < -0.3 is 20.5 Å². The molecule has 0 saturated carbocycles. The minimum Gasteiger partial charge on any atom is -0.466 e. The van der Waals surface area contributed by atoms with Crippen molar-refractivity contribution in [3.63, 3.8) is 0 Å². The number of hydrogen-bond donors (Lipinski definition) is 2. The Kier molecular flexibility index (Phi) is 10.3. The van der Waals surface area contributed by atoms with Crippen LogP contribution in [0.4, 0.5) is 5.69 Å². The van der Waals surface area contributed by atoms with Crippen molar-refractivity contribution in [2.24, 2.45) is 5.73 Å². The number of carbonyl (C=O) groups excluding carboxylic acids is 2. The van der Waals surface area contributed by atoms with Gasteiger partial charge in [0.1, 0.15) is 0 Å². The second-order valence-electron chi connectivity index (χ2n) is 6.27. The Morgan fingerprint density at radius 3 is 2.38 bits per heavy atom. The second-order valence-corrected chi connectivity index (χ2v) is 7.03. The molecule has 1 aromatic rings. The molecule has 1 aromatic carbocycles. The van der Waals surface area contributed by atoms with Crippen LogP contribution < -0.4 is 11.1 Å². The van der Waals surface area contributed by atoms with E-state index in [1.807, 2.05) is 6.92 Å². The Bertz CT molecular complexity index is 1080. The smallest absolute Gasteiger partial charge is 0.337 e. The molecule has 0 aliphatic carbocycles. The molecule has 0 amide bonds. The molecule has 32 heavy (non-hydrogen) atoms. The maximum absolute atomic E-state index is 12.7. The Balaban J connectivity index is 0.00000161. The molecule has 1 aliphatic rings. The molecule has 12 heteroatoms. The van der Waals surface area contributed by atoms with Crippen molar-refractivity contribution >= 4 is 33.3 Å². The van der Waals surface area contributed by atoms with Crippen LogP contribution >= 0.6 is 0 Å². The van der Waals surface area contributed by atoms with Crippen molar-refractivity contribution in [1.82, 2.24) is 5.32 Å². The van der Waals surface area contributed by atoms with Crippen LogP contribution in [0.3, 0.4) is 0 Å². The van der Waals surface area contributed by atoms with Gasteiger partial charge in [-0.25, -0.2) is 9.59 Å². The number of esters is 2. The fourth-order valence-electron chi connectivity index (χ4n) is 3.01. The fraction of sp³-hybridized carbons (Fsp3) is 0.350. The third-order valence-corrected chi connectivity index (χ3v) is 4.55. The maximum atomic E-state index is 12.7. The summed E-state index contributed by atoms with van der Waals surface area (Å²) in [5.74, 6) is -2.80. The third-order valence-electron chi connectivity index (χ3n) is 4.12. The topological polar surface area (TPSA) is 168 Å². The second kappa shape index (κ2) is 12.4. The average Bonchev–Trinajstić information content (AvgIpc) is 2.73. The minimum absolute atomic E-state index is 0.00452. The molecule has 1 atom stereocenters. The number of allylic oxidation sites excluding steroid dienone is 2. The first-order valence-electron chi connectivity index (χ1n) is 9.47. The lowest BCUT2D eigenvalue weighted by atomic mass is 9.80. The van der Waals surface area contributed by atoms with E-state index in [2.05, 4.69) is 5.32 Å². The standard InChI is InChI=1S/C18H18N2O8S.C2H7N/c1-4-28-18(22)16-13(9-29(25)26)19-10(2)14(17(21)27-3)15(16)11-6-5-7-12(8-11)20(23)24;1-2-3/h5-9,15,19H,4H2,1-3H3;2-3H2,1H3. The number of methoxy groups -OCH3 is 1. The summed E-state index contributed by atoms with van der Waals surface area (Å²) in [7, 11) is -1.53. The summed E-state index contributed by atoms with van der Waals surface area (Å²) in [5, 5.41) is 14.7. The first-order chi connectivity index (χ1) is 15.1. The molecule has 3 N–H and O–H groups in total. The van der Waals surface area contributed by atoms with Crippen molar-refractivity contribution in [3.8, 4) is 0 Å². The number of nitrogens with two attached hydrogens (primary N) is 1. The van der Waals surface area contributed by atoms with Crippen molar-refractivity contribution in [3.05, 3.63) is 62.5 Å². The largest absolute Gasteiger partial charge is 0.466 e. The molecule has 2 rings (SSSR count). The van der Waals surface area contributed by atoms with Crippen molar-refractivity contribution < 1.29 is 32.4 Å². The summed E-state index contributed by atoms with van der Waals surface area (Å²) in [6.07, 6.45) is 0. The molecule has 0 radical (unpaired) electrons. The molecular weight excluding hydrogens is 442 g/mol. The van der Waals surface area contributed by atoms with Crippen molar-refractivity contribution in [1.29, 1.82) is 0 Å². The third kappa shape index (κ3) is 6.49. The predicted octanol–water partition coefficient (Wildman–Crippen LogP) is 1.19. The number of dihydropyridines is 1. The highest BCUT2D eigenvalue weighted by Gasteiger charge is 2.39. The zero-order chi connectivity index (χ0) is 24.4. The van der Waals surface area contributed by atoms with Crippen LogP contribution in [0.2, 0.25) is 0 Å². The van der Waals surface area contributed by atoms with Gasteiger partial charge in [-0.05, 0) is 26.0 Å². The van der Waals surface area contributed by atoms with Gasteiger partial charge in [0.05, 0.1) is 46.8 Å².